The van der Waals surface area contributed by atoms with Crippen LogP contribution < -0.4 is 16.4 Å². The fourth-order valence-electron chi connectivity index (χ4n) is 3.29. The first-order chi connectivity index (χ1) is 15.2. The molecule has 0 radical (unpaired) electrons. The third-order valence-corrected chi connectivity index (χ3v) is 4.84. The Balaban J connectivity index is 1.75. The number of rotatable bonds is 12. The number of aromatic nitrogens is 1. The van der Waals surface area contributed by atoms with Crippen molar-refractivity contribution in [3.05, 3.63) is 65.9 Å². The summed E-state index contributed by atoms with van der Waals surface area (Å²) in [6.45, 7) is 2.89. The SMILES string of the molecule is CNC(=O)c1cnc2ccc(CCCOCCOCCN)cc2c1Nc1ccccc1. The second-order valence-electron chi connectivity index (χ2n) is 7.09. The van der Waals surface area contributed by atoms with Crippen LogP contribution >= 0.6 is 0 Å². The minimum Gasteiger partial charge on any atom is -0.379 e. The van der Waals surface area contributed by atoms with Crippen LogP contribution in [0.25, 0.3) is 10.9 Å². The van der Waals surface area contributed by atoms with Gasteiger partial charge in [-0.05, 0) is 42.7 Å². The molecule has 0 saturated carbocycles. The Labute approximate surface area is 183 Å². The molecule has 3 aromatic rings. The molecule has 0 aliphatic heterocycles. The molecular formula is C24H30N4O3. The molecule has 7 heteroatoms. The average Bonchev–Trinajstić information content (AvgIpc) is 2.81. The number of nitrogens with two attached hydrogens (primary N) is 1. The lowest BCUT2D eigenvalue weighted by atomic mass is 10.0. The number of para-hydroxylation sites is 1. The summed E-state index contributed by atoms with van der Waals surface area (Å²) in [6.07, 6.45) is 3.38. The van der Waals surface area contributed by atoms with Gasteiger partial charge < -0.3 is 25.8 Å². The van der Waals surface area contributed by atoms with Crippen LogP contribution in [0.1, 0.15) is 22.3 Å². The third-order valence-electron chi connectivity index (χ3n) is 4.84. The highest BCUT2D eigenvalue weighted by Crippen LogP contribution is 2.30. The minimum atomic E-state index is -0.177. The molecule has 2 aromatic carbocycles. The van der Waals surface area contributed by atoms with Crippen LogP contribution in [0.15, 0.2) is 54.7 Å². The number of carbonyl (C=O) groups excluding carboxylic acids is 1. The lowest BCUT2D eigenvalue weighted by Crippen LogP contribution is -2.19. The van der Waals surface area contributed by atoms with Gasteiger partial charge in [-0.1, -0.05) is 24.3 Å². The zero-order valence-corrected chi connectivity index (χ0v) is 17.9. The van der Waals surface area contributed by atoms with E-state index in [0.717, 1.165) is 35.1 Å². The molecule has 0 aliphatic carbocycles. The molecule has 0 fully saturated rings. The normalized spacial score (nSPS) is 10.9. The first-order valence-corrected chi connectivity index (χ1v) is 10.5. The standard InChI is InChI=1S/C24H30N4O3/c1-26-24(29)21-17-27-22-10-9-18(6-5-12-30-14-15-31-13-11-25)16-20(22)23(21)28-19-7-3-2-4-8-19/h2-4,7-10,16-17H,5-6,11-15,25H2,1H3,(H,26,29)(H,27,28). The van der Waals surface area contributed by atoms with Crippen molar-refractivity contribution < 1.29 is 14.3 Å². The predicted molar refractivity (Wildman–Crippen MR) is 124 cm³/mol. The Morgan fingerprint density at radius 2 is 1.81 bits per heavy atom. The molecule has 1 heterocycles. The van der Waals surface area contributed by atoms with E-state index in [4.69, 9.17) is 15.2 Å². The molecule has 0 saturated heterocycles. The van der Waals surface area contributed by atoms with Crippen LogP contribution in [-0.4, -0.2) is 50.9 Å². The highest BCUT2D eigenvalue weighted by atomic mass is 16.5. The maximum atomic E-state index is 12.5. The van der Waals surface area contributed by atoms with Crippen LogP contribution in [0.5, 0.6) is 0 Å². The number of benzene rings is 2. The maximum Gasteiger partial charge on any atom is 0.254 e. The number of aryl methyl sites for hydroxylation is 1. The minimum absolute atomic E-state index is 0.177. The molecule has 1 aromatic heterocycles. The van der Waals surface area contributed by atoms with Crippen molar-refractivity contribution in [2.45, 2.75) is 12.8 Å². The topological polar surface area (TPSA) is 98.5 Å². The second kappa shape index (κ2) is 12.0. The number of carbonyl (C=O) groups is 1. The van der Waals surface area contributed by atoms with Crippen LogP contribution in [-0.2, 0) is 15.9 Å². The summed E-state index contributed by atoms with van der Waals surface area (Å²) in [5.41, 5.74) is 9.57. The maximum absolute atomic E-state index is 12.5. The van der Waals surface area contributed by atoms with E-state index in [-0.39, 0.29) is 5.91 Å². The lowest BCUT2D eigenvalue weighted by molar-refractivity contribution is 0.0499. The van der Waals surface area contributed by atoms with Gasteiger partial charge in [0.25, 0.3) is 5.91 Å². The number of amides is 1. The van der Waals surface area contributed by atoms with Gasteiger partial charge in [-0.25, -0.2) is 0 Å². The highest BCUT2D eigenvalue weighted by Gasteiger charge is 2.15. The van der Waals surface area contributed by atoms with Crippen LogP contribution in [0.2, 0.25) is 0 Å². The van der Waals surface area contributed by atoms with Gasteiger partial charge in [0.1, 0.15) is 0 Å². The fourth-order valence-corrected chi connectivity index (χ4v) is 3.29. The van der Waals surface area contributed by atoms with E-state index >= 15 is 0 Å². The van der Waals surface area contributed by atoms with Crippen molar-refractivity contribution >= 4 is 28.2 Å². The summed E-state index contributed by atoms with van der Waals surface area (Å²) < 4.78 is 10.9. The third kappa shape index (κ3) is 6.49. The molecular weight excluding hydrogens is 392 g/mol. The van der Waals surface area contributed by atoms with Crippen molar-refractivity contribution in [2.75, 3.05) is 45.3 Å². The monoisotopic (exact) mass is 422 g/mol. The molecule has 0 bridgehead atoms. The van der Waals surface area contributed by atoms with Crippen LogP contribution in [0, 0.1) is 0 Å². The molecule has 3 rings (SSSR count). The van der Waals surface area contributed by atoms with Gasteiger partial charge in [0.15, 0.2) is 0 Å². The Kier molecular flexibility index (Phi) is 8.78. The van der Waals surface area contributed by atoms with E-state index < -0.39 is 0 Å². The number of hydrogen-bond acceptors (Lipinski definition) is 6. The smallest absolute Gasteiger partial charge is 0.254 e. The predicted octanol–water partition coefficient (Wildman–Crippen LogP) is 3.26. The molecule has 31 heavy (non-hydrogen) atoms. The van der Waals surface area contributed by atoms with Crippen molar-refractivity contribution in [2.24, 2.45) is 5.73 Å². The van der Waals surface area contributed by atoms with Gasteiger partial charge in [-0.15, -0.1) is 0 Å². The average molecular weight is 423 g/mol. The zero-order valence-electron chi connectivity index (χ0n) is 17.9. The van der Waals surface area contributed by atoms with E-state index in [9.17, 15) is 4.79 Å². The molecule has 1 amide bonds. The number of pyridine rings is 1. The molecule has 0 unspecified atom stereocenters. The van der Waals surface area contributed by atoms with Gasteiger partial charge in [0.05, 0.1) is 36.6 Å². The number of anilines is 2. The molecule has 0 aliphatic rings. The van der Waals surface area contributed by atoms with Gasteiger partial charge in [-0.3, -0.25) is 9.78 Å². The van der Waals surface area contributed by atoms with Gasteiger partial charge in [0, 0.05) is 37.5 Å². The largest absolute Gasteiger partial charge is 0.379 e. The van der Waals surface area contributed by atoms with E-state index in [1.807, 2.05) is 36.4 Å². The zero-order chi connectivity index (χ0) is 21.9. The van der Waals surface area contributed by atoms with Crippen LogP contribution in [0.4, 0.5) is 11.4 Å². The van der Waals surface area contributed by atoms with Crippen molar-refractivity contribution in [1.29, 1.82) is 0 Å². The summed E-state index contributed by atoms with van der Waals surface area (Å²) in [4.78, 5) is 17.0. The van der Waals surface area contributed by atoms with Crippen LogP contribution in [0.3, 0.4) is 0 Å². The van der Waals surface area contributed by atoms with Gasteiger partial charge in [0.2, 0.25) is 0 Å². The number of nitrogens with zero attached hydrogens (tertiary/aromatic N) is 1. The van der Waals surface area contributed by atoms with Crippen molar-refractivity contribution in [3.8, 4) is 0 Å². The number of ether oxygens (including phenoxy) is 2. The van der Waals surface area contributed by atoms with E-state index in [2.05, 4.69) is 27.8 Å². The van der Waals surface area contributed by atoms with Crippen molar-refractivity contribution in [1.82, 2.24) is 10.3 Å². The first kappa shape index (κ1) is 22.7. The fraction of sp³-hybridized carbons (Fsp3) is 0.333. The molecule has 0 spiro atoms. The number of hydrogen-bond donors (Lipinski definition) is 3. The summed E-state index contributed by atoms with van der Waals surface area (Å²) in [6, 6.07) is 16.0. The van der Waals surface area contributed by atoms with E-state index in [0.29, 0.717) is 38.5 Å². The highest BCUT2D eigenvalue weighted by molar-refractivity contribution is 6.08. The Bertz CT molecular complexity index is 979. The van der Waals surface area contributed by atoms with Gasteiger partial charge >= 0.3 is 0 Å². The second-order valence-corrected chi connectivity index (χ2v) is 7.09. The quantitative estimate of drug-likeness (QED) is 0.388. The summed E-state index contributed by atoms with van der Waals surface area (Å²) in [7, 11) is 1.62. The number of nitrogens with one attached hydrogen (secondary N) is 2. The number of fused-ring (bicyclic) bond motifs is 1. The Hall–Kier alpha value is -3.00. The Morgan fingerprint density at radius 3 is 2.55 bits per heavy atom. The summed E-state index contributed by atoms with van der Waals surface area (Å²) in [5, 5.41) is 7.03. The summed E-state index contributed by atoms with van der Waals surface area (Å²) >= 11 is 0. The molecule has 7 nitrogen and oxygen atoms in total. The van der Waals surface area contributed by atoms with E-state index in [1.165, 1.54) is 5.56 Å². The van der Waals surface area contributed by atoms with Crippen molar-refractivity contribution in [3.63, 3.8) is 0 Å². The van der Waals surface area contributed by atoms with E-state index in [1.54, 1.807) is 13.2 Å². The molecule has 4 N–H and O–H groups in total. The summed E-state index contributed by atoms with van der Waals surface area (Å²) in [5.74, 6) is -0.177. The first-order valence-electron chi connectivity index (χ1n) is 10.5. The molecule has 164 valence electrons. The van der Waals surface area contributed by atoms with Gasteiger partial charge in [-0.2, -0.15) is 0 Å². The Morgan fingerprint density at radius 1 is 1.03 bits per heavy atom. The lowest BCUT2D eigenvalue weighted by Gasteiger charge is -2.15. The molecule has 0 atom stereocenters.